The zero-order valence-electron chi connectivity index (χ0n) is 16.3. The molecule has 0 unspecified atom stereocenters. The van der Waals surface area contributed by atoms with E-state index >= 15 is 0 Å². The molecule has 0 bridgehead atoms. The molecule has 0 fully saturated rings. The SMILES string of the molecule is Fc1cccc(-c2nc3cc[n+](Cc4ccc(-c5ccccc5Cl)cc4)cc3[nH]2)c1F. The number of nitrogens with one attached hydrogen (secondary N) is 1. The summed E-state index contributed by atoms with van der Waals surface area (Å²) in [6, 6.07) is 21.9. The molecule has 0 aliphatic carbocycles. The highest BCUT2D eigenvalue weighted by Gasteiger charge is 2.15. The predicted octanol–water partition coefficient (Wildman–Crippen LogP) is 6.16. The number of pyridine rings is 1. The molecule has 0 aliphatic heterocycles. The van der Waals surface area contributed by atoms with Gasteiger partial charge in [0.1, 0.15) is 16.9 Å². The molecule has 0 saturated carbocycles. The minimum absolute atomic E-state index is 0.109. The lowest BCUT2D eigenvalue weighted by Gasteiger charge is -2.05. The largest absolute Gasteiger partial charge is 0.333 e. The summed E-state index contributed by atoms with van der Waals surface area (Å²) in [7, 11) is 0. The Kier molecular flexibility index (Phi) is 4.96. The topological polar surface area (TPSA) is 32.6 Å². The van der Waals surface area contributed by atoms with Gasteiger partial charge in [-0.1, -0.05) is 60.1 Å². The third kappa shape index (κ3) is 3.80. The van der Waals surface area contributed by atoms with E-state index in [0.717, 1.165) is 33.3 Å². The van der Waals surface area contributed by atoms with Crippen molar-refractivity contribution in [1.82, 2.24) is 9.97 Å². The van der Waals surface area contributed by atoms with Gasteiger partial charge in [-0.3, -0.25) is 0 Å². The number of rotatable bonds is 4. The molecule has 2 aromatic heterocycles. The van der Waals surface area contributed by atoms with Gasteiger partial charge in [0.05, 0.1) is 5.56 Å². The Morgan fingerprint density at radius 3 is 2.45 bits per heavy atom. The van der Waals surface area contributed by atoms with Crippen LogP contribution in [-0.2, 0) is 6.54 Å². The Labute approximate surface area is 182 Å². The zero-order chi connectivity index (χ0) is 21.4. The van der Waals surface area contributed by atoms with E-state index in [4.69, 9.17) is 11.6 Å². The number of hydrogen-bond donors (Lipinski definition) is 1. The summed E-state index contributed by atoms with van der Waals surface area (Å²) in [5.41, 5.74) is 4.72. The van der Waals surface area contributed by atoms with Gasteiger partial charge in [-0.05, 0) is 23.8 Å². The first-order valence-corrected chi connectivity index (χ1v) is 10.1. The van der Waals surface area contributed by atoms with E-state index in [0.29, 0.717) is 17.9 Å². The van der Waals surface area contributed by atoms with Gasteiger partial charge >= 0.3 is 0 Å². The molecule has 0 saturated heterocycles. The molecule has 6 heteroatoms. The van der Waals surface area contributed by atoms with Crippen molar-refractivity contribution >= 4 is 22.6 Å². The van der Waals surface area contributed by atoms with Crippen molar-refractivity contribution in [3.05, 3.63) is 107 Å². The van der Waals surface area contributed by atoms with Crippen LogP contribution in [0.3, 0.4) is 0 Å². The Hall–Kier alpha value is -3.57. The van der Waals surface area contributed by atoms with E-state index in [1.165, 1.54) is 12.1 Å². The van der Waals surface area contributed by atoms with Crippen LogP contribution < -0.4 is 4.57 Å². The van der Waals surface area contributed by atoms with Crippen LogP contribution in [0.5, 0.6) is 0 Å². The second kappa shape index (κ2) is 7.93. The minimum Gasteiger partial charge on any atom is -0.333 e. The Bertz CT molecular complexity index is 1390. The second-order valence-electron chi connectivity index (χ2n) is 7.28. The van der Waals surface area contributed by atoms with Crippen molar-refractivity contribution in [1.29, 1.82) is 0 Å². The van der Waals surface area contributed by atoms with Crippen LogP contribution in [0, 0.1) is 11.6 Å². The van der Waals surface area contributed by atoms with Crippen molar-refractivity contribution < 1.29 is 13.3 Å². The van der Waals surface area contributed by atoms with E-state index in [1.807, 2.05) is 47.3 Å². The summed E-state index contributed by atoms with van der Waals surface area (Å²) in [5, 5.41) is 0.722. The van der Waals surface area contributed by atoms with Gasteiger partial charge in [0.25, 0.3) is 0 Å². The van der Waals surface area contributed by atoms with Crippen molar-refractivity contribution in [2.75, 3.05) is 0 Å². The fraction of sp³-hybridized carbons (Fsp3) is 0.0400. The lowest BCUT2D eigenvalue weighted by atomic mass is 10.0. The van der Waals surface area contributed by atoms with Gasteiger partial charge in [0.2, 0.25) is 0 Å². The summed E-state index contributed by atoms with van der Waals surface area (Å²) < 4.78 is 29.7. The third-order valence-corrected chi connectivity index (χ3v) is 5.52. The lowest BCUT2D eigenvalue weighted by molar-refractivity contribution is -0.687. The van der Waals surface area contributed by atoms with E-state index in [9.17, 15) is 8.78 Å². The average molecular weight is 433 g/mol. The summed E-state index contributed by atoms with van der Waals surface area (Å²) >= 11 is 6.29. The number of halogens is 3. The highest BCUT2D eigenvalue weighted by atomic mass is 35.5. The maximum absolute atomic E-state index is 14.1. The standard InChI is InChI=1S/C25H16ClF2N3/c26-20-6-2-1-4-18(20)17-10-8-16(9-11-17)14-31-13-12-22-23(15-31)30-25(29-22)19-5-3-7-21(27)24(19)28/h1-13,15H,14H2/p+1. The molecule has 3 nitrogen and oxygen atoms in total. The molecule has 0 aliphatic rings. The molecular formula is C25H17ClF2N3+. The molecule has 0 radical (unpaired) electrons. The summed E-state index contributed by atoms with van der Waals surface area (Å²) in [6.45, 7) is 0.654. The molecule has 2 heterocycles. The van der Waals surface area contributed by atoms with E-state index < -0.39 is 11.6 Å². The van der Waals surface area contributed by atoms with Crippen LogP contribution in [0.4, 0.5) is 8.78 Å². The molecule has 1 N–H and O–H groups in total. The Morgan fingerprint density at radius 2 is 1.65 bits per heavy atom. The first-order valence-electron chi connectivity index (χ1n) is 9.75. The molecule has 152 valence electrons. The zero-order valence-corrected chi connectivity index (χ0v) is 17.1. The predicted molar refractivity (Wildman–Crippen MR) is 118 cm³/mol. The quantitative estimate of drug-likeness (QED) is 0.339. The van der Waals surface area contributed by atoms with Crippen molar-refractivity contribution in [2.24, 2.45) is 0 Å². The average Bonchev–Trinajstić information content (AvgIpc) is 3.20. The van der Waals surface area contributed by atoms with Gasteiger partial charge in [-0.25, -0.2) is 13.8 Å². The first kappa shape index (κ1) is 19.4. The lowest BCUT2D eigenvalue weighted by Crippen LogP contribution is -2.33. The number of benzene rings is 3. The Balaban J connectivity index is 1.41. The number of imidazole rings is 1. The smallest absolute Gasteiger partial charge is 0.195 e. The molecule has 5 rings (SSSR count). The highest BCUT2D eigenvalue weighted by Crippen LogP contribution is 2.28. The molecular weight excluding hydrogens is 416 g/mol. The van der Waals surface area contributed by atoms with Crippen molar-refractivity contribution in [3.8, 4) is 22.5 Å². The number of aromatic nitrogens is 3. The summed E-state index contributed by atoms with van der Waals surface area (Å²) in [5.74, 6) is -1.50. The summed E-state index contributed by atoms with van der Waals surface area (Å²) in [4.78, 5) is 7.49. The monoisotopic (exact) mass is 432 g/mol. The Morgan fingerprint density at radius 1 is 0.871 bits per heavy atom. The van der Waals surface area contributed by atoms with Gasteiger partial charge in [0, 0.05) is 22.2 Å². The molecule has 5 aromatic rings. The number of H-pyrrole nitrogens is 1. The molecule has 3 aromatic carbocycles. The van der Waals surface area contributed by atoms with Gasteiger partial charge < -0.3 is 4.98 Å². The molecule has 31 heavy (non-hydrogen) atoms. The van der Waals surface area contributed by atoms with Crippen LogP contribution in [0.25, 0.3) is 33.5 Å². The number of nitrogens with zero attached hydrogens (tertiary/aromatic N) is 2. The van der Waals surface area contributed by atoms with Crippen molar-refractivity contribution in [3.63, 3.8) is 0 Å². The van der Waals surface area contributed by atoms with Crippen LogP contribution in [0.2, 0.25) is 5.02 Å². The number of aromatic amines is 1. The number of hydrogen-bond acceptors (Lipinski definition) is 1. The number of fused-ring (bicyclic) bond motifs is 1. The maximum Gasteiger partial charge on any atom is 0.195 e. The normalized spacial score (nSPS) is 11.2. The molecule has 0 amide bonds. The van der Waals surface area contributed by atoms with E-state index in [-0.39, 0.29) is 5.56 Å². The fourth-order valence-electron chi connectivity index (χ4n) is 3.61. The van der Waals surface area contributed by atoms with Crippen LogP contribution >= 0.6 is 11.6 Å². The van der Waals surface area contributed by atoms with E-state index in [1.54, 1.807) is 0 Å². The highest BCUT2D eigenvalue weighted by molar-refractivity contribution is 6.33. The van der Waals surface area contributed by atoms with E-state index in [2.05, 4.69) is 34.2 Å². The second-order valence-corrected chi connectivity index (χ2v) is 7.69. The maximum atomic E-state index is 14.1. The van der Waals surface area contributed by atoms with Crippen LogP contribution in [0.15, 0.2) is 85.2 Å². The third-order valence-electron chi connectivity index (χ3n) is 5.19. The fourth-order valence-corrected chi connectivity index (χ4v) is 3.85. The molecule has 0 atom stereocenters. The van der Waals surface area contributed by atoms with Crippen molar-refractivity contribution in [2.45, 2.75) is 6.54 Å². The van der Waals surface area contributed by atoms with Gasteiger partial charge in [0.15, 0.2) is 30.6 Å². The minimum atomic E-state index is -0.909. The van der Waals surface area contributed by atoms with Crippen LogP contribution in [0.1, 0.15) is 5.56 Å². The summed E-state index contributed by atoms with van der Waals surface area (Å²) in [6.07, 6.45) is 3.82. The van der Waals surface area contributed by atoms with Gasteiger partial charge in [-0.15, -0.1) is 0 Å². The molecule has 0 spiro atoms. The van der Waals surface area contributed by atoms with Crippen LogP contribution in [-0.4, -0.2) is 9.97 Å². The first-order chi connectivity index (χ1) is 15.1. The van der Waals surface area contributed by atoms with Gasteiger partial charge in [-0.2, -0.15) is 4.57 Å².